The van der Waals surface area contributed by atoms with Crippen LogP contribution in [0.4, 0.5) is 11.5 Å². The summed E-state index contributed by atoms with van der Waals surface area (Å²) in [5.41, 5.74) is 2.18. The molecule has 0 saturated heterocycles. The Morgan fingerprint density at radius 1 is 1.30 bits per heavy atom. The lowest BCUT2D eigenvalue weighted by Crippen LogP contribution is -2.13. The maximum atomic E-state index is 12.4. The van der Waals surface area contributed by atoms with Gasteiger partial charge >= 0.3 is 0 Å². The topological polar surface area (TPSA) is 80.0 Å². The Bertz CT molecular complexity index is 835. The van der Waals surface area contributed by atoms with Crippen LogP contribution in [0, 0.1) is 6.92 Å². The summed E-state index contributed by atoms with van der Waals surface area (Å²) in [4.78, 5) is 13.1. The number of thiophene rings is 1. The Balaban J connectivity index is 1.78. The van der Waals surface area contributed by atoms with Crippen LogP contribution in [0.25, 0.3) is 5.57 Å². The summed E-state index contributed by atoms with van der Waals surface area (Å²) in [6, 6.07) is 11.3. The van der Waals surface area contributed by atoms with Crippen LogP contribution in [0.2, 0.25) is 0 Å². The highest BCUT2D eigenvalue weighted by Gasteiger charge is 2.17. The molecule has 0 aliphatic rings. The second-order valence-electron chi connectivity index (χ2n) is 4.86. The van der Waals surface area contributed by atoms with Gasteiger partial charge in [-0.2, -0.15) is 4.68 Å². The fourth-order valence-corrected chi connectivity index (χ4v) is 2.71. The summed E-state index contributed by atoms with van der Waals surface area (Å²) < 4.78 is 1.10. The third kappa shape index (κ3) is 3.29. The molecule has 23 heavy (non-hydrogen) atoms. The molecule has 2 heterocycles. The first-order valence-corrected chi connectivity index (χ1v) is 7.74. The number of rotatable bonds is 4. The molecule has 7 heteroatoms. The highest BCUT2D eigenvalue weighted by molar-refractivity contribution is 7.11. The first-order chi connectivity index (χ1) is 11.2. The minimum absolute atomic E-state index is 0.173. The van der Waals surface area contributed by atoms with E-state index in [0.29, 0.717) is 10.7 Å². The number of aromatic nitrogens is 3. The second-order valence-corrected chi connectivity index (χ2v) is 5.81. The molecule has 3 aromatic rings. The molecule has 0 atom stereocenters. The lowest BCUT2D eigenvalue weighted by atomic mass is 10.2. The third-order valence-corrected chi connectivity index (χ3v) is 4.07. The standard InChI is InChI=1S/C16H14N4O2S/c1-11-4-6-12(7-5-11)17-15-9-20(19-18-15)16(22)13(10-21)14-3-2-8-23-14/h2-10,17,21H,1H3. The smallest absolute Gasteiger partial charge is 0.284 e. The predicted octanol–water partition coefficient (Wildman–Crippen LogP) is 3.63. The first-order valence-electron chi connectivity index (χ1n) is 6.86. The number of nitrogens with zero attached hydrogens (tertiary/aromatic N) is 3. The summed E-state index contributed by atoms with van der Waals surface area (Å²) >= 11 is 1.36. The maximum absolute atomic E-state index is 12.4. The number of aryl methyl sites for hydroxylation is 1. The number of benzene rings is 1. The van der Waals surface area contributed by atoms with E-state index < -0.39 is 5.91 Å². The molecule has 0 saturated carbocycles. The average Bonchev–Trinajstić information content (AvgIpc) is 3.22. The van der Waals surface area contributed by atoms with Gasteiger partial charge in [0.15, 0.2) is 5.82 Å². The molecular weight excluding hydrogens is 312 g/mol. The molecule has 6 nitrogen and oxygen atoms in total. The monoisotopic (exact) mass is 326 g/mol. The molecule has 116 valence electrons. The molecule has 0 aliphatic heterocycles. The van der Waals surface area contributed by atoms with Gasteiger partial charge in [-0.15, -0.1) is 16.4 Å². The highest BCUT2D eigenvalue weighted by Crippen LogP contribution is 2.22. The Hall–Kier alpha value is -2.93. The van der Waals surface area contributed by atoms with Crippen molar-refractivity contribution in [2.75, 3.05) is 5.32 Å². The molecule has 0 radical (unpaired) electrons. The molecule has 0 amide bonds. The van der Waals surface area contributed by atoms with Gasteiger partial charge in [0.2, 0.25) is 0 Å². The Morgan fingerprint density at radius 3 is 2.74 bits per heavy atom. The SMILES string of the molecule is Cc1ccc(Nc2cn(C(=O)C(=CO)c3cccs3)nn2)cc1. The quantitative estimate of drug-likeness (QED) is 0.565. The van der Waals surface area contributed by atoms with E-state index >= 15 is 0 Å². The van der Waals surface area contributed by atoms with E-state index in [1.54, 1.807) is 6.07 Å². The largest absolute Gasteiger partial charge is 0.515 e. The minimum atomic E-state index is -0.445. The van der Waals surface area contributed by atoms with Gasteiger partial charge in [0.25, 0.3) is 5.91 Å². The lowest BCUT2D eigenvalue weighted by Gasteiger charge is -2.02. The van der Waals surface area contributed by atoms with Crippen molar-refractivity contribution in [2.45, 2.75) is 6.92 Å². The molecule has 0 unspecified atom stereocenters. The summed E-state index contributed by atoms with van der Waals surface area (Å²) in [5, 5.41) is 22.0. The number of nitrogens with one attached hydrogen (secondary N) is 1. The molecule has 0 spiro atoms. The average molecular weight is 326 g/mol. The number of carbonyl (C=O) groups excluding carboxylic acids is 1. The van der Waals surface area contributed by atoms with Crippen molar-refractivity contribution in [1.82, 2.24) is 15.0 Å². The van der Waals surface area contributed by atoms with Crippen LogP contribution in [-0.4, -0.2) is 26.0 Å². The van der Waals surface area contributed by atoms with E-state index in [2.05, 4.69) is 15.6 Å². The Morgan fingerprint density at radius 2 is 2.09 bits per heavy atom. The Kier molecular flexibility index (Phi) is 4.20. The number of anilines is 2. The van der Waals surface area contributed by atoms with Gasteiger partial charge in [-0.1, -0.05) is 29.0 Å². The molecular formula is C16H14N4O2S. The summed E-state index contributed by atoms with van der Waals surface area (Å²) in [7, 11) is 0. The number of carbonyl (C=O) groups is 1. The van der Waals surface area contributed by atoms with Crippen molar-refractivity contribution < 1.29 is 9.90 Å². The van der Waals surface area contributed by atoms with E-state index in [1.165, 1.54) is 17.5 Å². The third-order valence-electron chi connectivity index (χ3n) is 3.17. The zero-order chi connectivity index (χ0) is 16.2. The zero-order valence-electron chi connectivity index (χ0n) is 12.3. The van der Waals surface area contributed by atoms with Crippen molar-refractivity contribution in [3.63, 3.8) is 0 Å². The highest BCUT2D eigenvalue weighted by atomic mass is 32.1. The predicted molar refractivity (Wildman–Crippen MR) is 90.0 cm³/mol. The van der Waals surface area contributed by atoms with Gasteiger partial charge in [0.1, 0.15) is 0 Å². The number of aliphatic hydroxyl groups is 1. The minimum Gasteiger partial charge on any atom is -0.515 e. The van der Waals surface area contributed by atoms with Gasteiger partial charge in [-0.05, 0) is 30.5 Å². The summed E-state index contributed by atoms with van der Waals surface area (Å²) in [5.74, 6) is 0.00470. The van der Waals surface area contributed by atoms with E-state index in [1.807, 2.05) is 42.6 Å². The molecule has 2 N–H and O–H groups in total. The Labute approximate surface area is 136 Å². The molecule has 3 rings (SSSR count). The van der Waals surface area contributed by atoms with Crippen LogP contribution in [0.15, 0.2) is 54.2 Å². The fraction of sp³-hybridized carbons (Fsp3) is 0.0625. The van der Waals surface area contributed by atoms with Gasteiger partial charge < -0.3 is 10.4 Å². The van der Waals surface area contributed by atoms with Crippen molar-refractivity contribution in [3.8, 4) is 0 Å². The van der Waals surface area contributed by atoms with Crippen LogP contribution in [0.3, 0.4) is 0 Å². The molecule has 1 aromatic carbocycles. The van der Waals surface area contributed by atoms with Gasteiger partial charge in [0.05, 0.1) is 18.0 Å². The summed E-state index contributed by atoms with van der Waals surface area (Å²) in [6.07, 6.45) is 2.28. The normalized spacial score (nSPS) is 11.4. The maximum Gasteiger partial charge on any atom is 0.284 e. The van der Waals surface area contributed by atoms with Gasteiger partial charge in [0, 0.05) is 10.6 Å². The summed E-state index contributed by atoms with van der Waals surface area (Å²) in [6.45, 7) is 2.01. The number of allylic oxidation sites excluding steroid dienone is 1. The van der Waals surface area contributed by atoms with Crippen molar-refractivity contribution >= 4 is 34.3 Å². The van der Waals surface area contributed by atoms with Crippen LogP contribution in [-0.2, 0) is 0 Å². The van der Waals surface area contributed by atoms with Crippen LogP contribution in [0.1, 0.15) is 15.2 Å². The van der Waals surface area contributed by atoms with Crippen molar-refractivity contribution in [2.24, 2.45) is 0 Å². The fourth-order valence-electron chi connectivity index (χ4n) is 1.98. The van der Waals surface area contributed by atoms with Crippen LogP contribution in [0.5, 0.6) is 0 Å². The molecule has 2 aromatic heterocycles. The van der Waals surface area contributed by atoms with Gasteiger partial charge in [-0.25, -0.2) is 0 Å². The van der Waals surface area contributed by atoms with Crippen LogP contribution >= 0.6 is 11.3 Å². The van der Waals surface area contributed by atoms with E-state index in [0.717, 1.165) is 22.2 Å². The number of aliphatic hydroxyl groups excluding tert-OH is 1. The molecule has 0 fully saturated rings. The molecule has 0 bridgehead atoms. The first kappa shape index (κ1) is 15.0. The zero-order valence-corrected chi connectivity index (χ0v) is 13.1. The van der Waals surface area contributed by atoms with E-state index in [4.69, 9.17) is 0 Å². The number of hydrogen-bond acceptors (Lipinski definition) is 6. The number of hydrogen-bond donors (Lipinski definition) is 2. The van der Waals surface area contributed by atoms with Crippen molar-refractivity contribution in [1.29, 1.82) is 0 Å². The lowest BCUT2D eigenvalue weighted by molar-refractivity contribution is 0.0961. The van der Waals surface area contributed by atoms with E-state index in [-0.39, 0.29) is 5.57 Å². The second kappa shape index (κ2) is 6.45. The van der Waals surface area contributed by atoms with E-state index in [9.17, 15) is 9.90 Å². The van der Waals surface area contributed by atoms with Crippen molar-refractivity contribution in [3.05, 3.63) is 64.7 Å². The van der Waals surface area contributed by atoms with Crippen LogP contribution < -0.4 is 5.32 Å². The van der Waals surface area contributed by atoms with Gasteiger partial charge in [-0.3, -0.25) is 4.79 Å². The molecule has 0 aliphatic carbocycles.